The van der Waals surface area contributed by atoms with Crippen LogP contribution in [0.1, 0.15) is 26.3 Å². The largest absolute Gasteiger partial charge is 0.444 e. The Morgan fingerprint density at radius 1 is 0.971 bits per heavy atom. The van der Waals surface area contributed by atoms with Gasteiger partial charge in [0, 0.05) is 23.2 Å². The fourth-order valence-electron chi connectivity index (χ4n) is 3.45. The number of amides is 1. The molecular formula is C26H26N4O3S. The first-order valence-corrected chi connectivity index (χ1v) is 12.0. The minimum absolute atomic E-state index is 0.439. The SMILES string of the molecule is CSc1nccc(-c2cccnc2Oc2c(C)ccc3c(NC(=O)OC(C)(C)C)cccc23)n1. The van der Waals surface area contributed by atoms with Crippen molar-refractivity contribution in [2.45, 2.75) is 38.5 Å². The fourth-order valence-corrected chi connectivity index (χ4v) is 3.81. The van der Waals surface area contributed by atoms with E-state index in [1.54, 1.807) is 12.4 Å². The molecule has 0 saturated heterocycles. The Kier molecular flexibility index (Phi) is 6.70. The number of hydrogen-bond acceptors (Lipinski definition) is 7. The number of anilines is 1. The van der Waals surface area contributed by atoms with Crippen molar-refractivity contribution >= 4 is 34.3 Å². The van der Waals surface area contributed by atoms with E-state index in [1.165, 1.54) is 11.8 Å². The molecule has 34 heavy (non-hydrogen) atoms. The number of nitrogens with one attached hydrogen (secondary N) is 1. The first-order valence-electron chi connectivity index (χ1n) is 10.8. The number of aromatic nitrogens is 3. The van der Waals surface area contributed by atoms with Gasteiger partial charge in [-0.05, 0) is 63.8 Å². The topological polar surface area (TPSA) is 86.2 Å². The zero-order chi connectivity index (χ0) is 24.3. The summed E-state index contributed by atoms with van der Waals surface area (Å²) < 4.78 is 11.8. The summed E-state index contributed by atoms with van der Waals surface area (Å²) in [6, 6.07) is 15.2. The van der Waals surface area contributed by atoms with E-state index in [4.69, 9.17) is 9.47 Å². The second-order valence-corrected chi connectivity index (χ2v) is 9.40. The summed E-state index contributed by atoms with van der Waals surface area (Å²) in [7, 11) is 0. The number of rotatable bonds is 5. The number of carbonyl (C=O) groups excluding carboxylic acids is 1. The summed E-state index contributed by atoms with van der Waals surface area (Å²) in [6.45, 7) is 7.46. The van der Waals surface area contributed by atoms with Crippen LogP contribution in [0.25, 0.3) is 22.0 Å². The summed E-state index contributed by atoms with van der Waals surface area (Å²) >= 11 is 1.47. The van der Waals surface area contributed by atoms with E-state index in [2.05, 4.69) is 20.3 Å². The molecule has 0 aliphatic rings. The maximum atomic E-state index is 12.4. The number of pyridine rings is 1. The van der Waals surface area contributed by atoms with Crippen LogP contribution in [0.2, 0.25) is 0 Å². The average molecular weight is 475 g/mol. The van der Waals surface area contributed by atoms with Crippen LogP contribution in [0, 0.1) is 6.92 Å². The Morgan fingerprint density at radius 2 is 1.79 bits per heavy atom. The van der Waals surface area contributed by atoms with Gasteiger partial charge in [-0.1, -0.05) is 36.0 Å². The number of thioether (sulfide) groups is 1. The zero-order valence-electron chi connectivity index (χ0n) is 19.7. The Labute approximate surface area is 203 Å². The predicted octanol–water partition coefficient (Wildman–Crippen LogP) is 6.86. The third-order valence-electron chi connectivity index (χ3n) is 4.91. The number of hydrogen-bond donors (Lipinski definition) is 1. The lowest BCUT2D eigenvalue weighted by Crippen LogP contribution is -2.27. The molecule has 4 aromatic rings. The highest BCUT2D eigenvalue weighted by Crippen LogP contribution is 2.38. The van der Waals surface area contributed by atoms with Crippen molar-refractivity contribution in [2.24, 2.45) is 0 Å². The second-order valence-electron chi connectivity index (χ2n) is 8.63. The number of nitrogens with zero attached hydrogens (tertiary/aromatic N) is 3. The number of benzene rings is 2. The first-order chi connectivity index (χ1) is 16.2. The van der Waals surface area contributed by atoms with Crippen LogP contribution in [0.5, 0.6) is 11.6 Å². The standard InChI is InChI=1S/C26H26N4O3S/c1-16-11-12-17-18(8-6-10-20(17)30-25(31)33-26(2,3)4)22(16)32-23-19(9-7-14-27-23)21-13-15-28-24(29-21)34-5/h6-15H,1-5H3,(H,30,31). The van der Waals surface area contributed by atoms with Crippen molar-refractivity contribution in [3.63, 3.8) is 0 Å². The molecule has 0 radical (unpaired) electrons. The molecule has 1 amide bonds. The van der Waals surface area contributed by atoms with Gasteiger partial charge in [0.15, 0.2) is 5.16 Å². The third-order valence-corrected chi connectivity index (χ3v) is 5.47. The molecule has 2 aromatic carbocycles. The Balaban J connectivity index is 1.74. The van der Waals surface area contributed by atoms with E-state index in [-0.39, 0.29) is 0 Å². The molecular weight excluding hydrogens is 448 g/mol. The summed E-state index contributed by atoms with van der Waals surface area (Å²) in [6.07, 6.45) is 4.83. The van der Waals surface area contributed by atoms with E-state index >= 15 is 0 Å². The molecule has 0 aliphatic carbocycles. The Morgan fingerprint density at radius 3 is 2.56 bits per heavy atom. The maximum Gasteiger partial charge on any atom is 0.412 e. The molecule has 0 fully saturated rings. The van der Waals surface area contributed by atoms with Crippen LogP contribution in [0.15, 0.2) is 66.1 Å². The van der Waals surface area contributed by atoms with Crippen LogP contribution in [-0.4, -0.2) is 32.9 Å². The highest BCUT2D eigenvalue weighted by Gasteiger charge is 2.19. The van der Waals surface area contributed by atoms with Gasteiger partial charge < -0.3 is 9.47 Å². The number of fused-ring (bicyclic) bond motifs is 1. The molecule has 7 nitrogen and oxygen atoms in total. The zero-order valence-corrected chi connectivity index (χ0v) is 20.6. The molecule has 2 heterocycles. The molecule has 4 rings (SSSR count). The fraction of sp³-hybridized carbons (Fsp3) is 0.231. The van der Waals surface area contributed by atoms with Gasteiger partial charge in [-0.25, -0.2) is 19.7 Å². The Bertz CT molecular complexity index is 1350. The van der Waals surface area contributed by atoms with E-state index in [0.29, 0.717) is 22.5 Å². The summed E-state index contributed by atoms with van der Waals surface area (Å²) in [5.74, 6) is 1.10. The molecule has 8 heteroatoms. The first kappa shape index (κ1) is 23.5. The van der Waals surface area contributed by atoms with Crippen molar-refractivity contribution in [3.8, 4) is 22.9 Å². The van der Waals surface area contributed by atoms with Gasteiger partial charge in [0.25, 0.3) is 0 Å². The minimum atomic E-state index is -0.591. The summed E-state index contributed by atoms with van der Waals surface area (Å²) in [4.78, 5) is 25.7. The van der Waals surface area contributed by atoms with Crippen molar-refractivity contribution in [2.75, 3.05) is 11.6 Å². The number of carbonyl (C=O) groups is 1. The van der Waals surface area contributed by atoms with Crippen molar-refractivity contribution in [1.29, 1.82) is 0 Å². The van der Waals surface area contributed by atoms with Gasteiger partial charge in [0.1, 0.15) is 11.4 Å². The lowest BCUT2D eigenvalue weighted by Gasteiger charge is -2.20. The van der Waals surface area contributed by atoms with Gasteiger partial charge >= 0.3 is 6.09 Å². The van der Waals surface area contributed by atoms with Crippen molar-refractivity contribution in [1.82, 2.24) is 15.0 Å². The van der Waals surface area contributed by atoms with Crippen LogP contribution < -0.4 is 10.1 Å². The van der Waals surface area contributed by atoms with Crippen molar-refractivity contribution in [3.05, 3.63) is 66.5 Å². The highest BCUT2D eigenvalue weighted by molar-refractivity contribution is 7.98. The normalized spacial score (nSPS) is 11.3. The molecule has 0 atom stereocenters. The second kappa shape index (κ2) is 9.69. The molecule has 0 saturated carbocycles. The molecule has 0 aliphatic heterocycles. The highest BCUT2D eigenvalue weighted by atomic mass is 32.2. The van der Waals surface area contributed by atoms with Gasteiger partial charge in [0.05, 0.1) is 16.9 Å². The number of ether oxygens (including phenoxy) is 2. The molecule has 2 aromatic heterocycles. The molecule has 0 unspecified atom stereocenters. The number of aryl methyl sites for hydroxylation is 1. The summed E-state index contributed by atoms with van der Waals surface area (Å²) in [5.41, 5.74) is 2.48. The molecule has 0 bridgehead atoms. The lowest BCUT2D eigenvalue weighted by atomic mass is 10.0. The van der Waals surface area contributed by atoms with Crippen LogP contribution in [0.4, 0.5) is 10.5 Å². The average Bonchev–Trinajstić information content (AvgIpc) is 2.80. The van der Waals surface area contributed by atoms with Crippen LogP contribution in [0.3, 0.4) is 0 Å². The smallest absolute Gasteiger partial charge is 0.412 e. The quantitative estimate of drug-likeness (QED) is 0.250. The van der Waals surface area contributed by atoms with E-state index in [9.17, 15) is 4.79 Å². The van der Waals surface area contributed by atoms with Gasteiger partial charge in [-0.15, -0.1) is 0 Å². The van der Waals surface area contributed by atoms with E-state index < -0.39 is 11.7 Å². The molecule has 0 spiro atoms. The van der Waals surface area contributed by atoms with E-state index in [0.717, 1.165) is 27.6 Å². The van der Waals surface area contributed by atoms with Gasteiger partial charge in [-0.2, -0.15) is 0 Å². The third kappa shape index (κ3) is 5.28. The Hall–Kier alpha value is -3.65. The van der Waals surface area contributed by atoms with Gasteiger partial charge in [-0.3, -0.25) is 5.32 Å². The van der Waals surface area contributed by atoms with Crippen LogP contribution >= 0.6 is 11.8 Å². The van der Waals surface area contributed by atoms with Crippen molar-refractivity contribution < 1.29 is 14.3 Å². The summed E-state index contributed by atoms with van der Waals surface area (Å²) in [5, 5.41) is 5.20. The van der Waals surface area contributed by atoms with Gasteiger partial charge in [0.2, 0.25) is 5.88 Å². The lowest BCUT2D eigenvalue weighted by molar-refractivity contribution is 0.0636. The molecule has 174 valence electrons. The predicted molar refractivity (Wildman–Crippen MR) is 136 cm³/mol. The monoisotopic (exact) mass is 474 g/mol. The van der Waals surface area contributed by atoms with Crippen LogP contribution in [-0.2, 0) is 4.74 Å². The minimum Gasteiger partial charge on any atom is -0.444 e. The maximum absolute atomic E-state index is 12.4. The molecule has 1 N–H and O–H groups in total. The van der Waals surface area contributed by atoms with E-state index in [1.807, 2.05) is 82.5 Å².